The van der Waals surface area contributed by atoms with Crippen molar-refractivity contribution < 1.29 is 4.79 Å². The molecule has 4 heteroatoms. The van der Waals surface area contributed by atoms with Gasteiger partial charge in [0.05, 0.1) is 0 Å². The molecule has 1 aromatic rings. The van der Waals surface area contributed by atoms with Crippen LogP contribution in [0.15, 0.2) is 22.7 Å². The molecule has 0 radical (unpaired) electrons. The minimum absolute atomic E-state index is 0.159. The summed E-state index contributed by atoms with van der Waals surface area (Å²) in [5.41, 5.74) is 1.85. The molecule has 18 heavy (non-hydrogen) atoms. The molecular formula is C14H19BrN2O. The van der Waals surface area contributed by atoms with Crippen molar-refractivity contribution in [2.75, 3.05) is 20.1 Å². The first-order valence-electron chi connectivity index (χ1n) is 6.35. The number of likely N-dealkylation sites (tertiary alicyclic amines) is 1. The van der Waals surface area contributed by atoms with E-state index in [4.69, 9.17) is 0 Å². The highest BCUT2D eigenvalue weighted by Crippen LogP contribution is 2.23. The molecule has 98 valence electrons. The summed E-state index contributed by atoms with van der Waals surface area (Å²) in [7, 11) is 1.94. The number of nitrogens with zero attached hydrogens (tertiary/aromatic N) is 1. The van der Waals surface area contributed by atoms with Gasteiger partial charge in [-0.3, -0.25) is 4.79 Å². The van der Waals surface area contributed by atoms with Gasteiger partial charge >= 0.3 is 0 Å². The highest BCUT2D eigenvalue weighted by Gasteiger charge is 2.29. The fourth-order valence-corrected chi connectivity index (χ4v) is 2.89. The molecular weight excluding hydrogens is 292 g/mol. The number of amides is 1. The van der Waals surface area contributed by atoms with Crippen LogP contribution in [0.1, 0.15) is 28.8 Å². The Morgan fingerprint density at radius 1 is 1.56 bits per heavy atom. The SMILES string of the molecule is CNC[C@H]1CCCN1C(=O)c1cc(Br)ccc1C. The van der Waals surface area contributed by atoms with Crippen LogP contribution >= 0.6 is 15.9 Å². The van der Waals surface area contributed by atoms with Gasteiger partial charge in [0.1, 0.15) is 0 Å². The Bertz CT molecular complexity index is 447. The molecule has 1 N–H and O–H groups in total. The van der Waals surface area contributed by atoms with Gasteiger partial charge in [0.2, 0.25) is 0 Å². The highest BCUT2D eigenvalue weighted by molar-refractivity contribution is 9.10. The maximum Gasteiger partial charge on any atom is 0.254 e. The van der Waals surface area contributed by atoms with Gasteiger partial charge < -0.3 is 10.2 Å². The Kier molecular flexibility index (Phi) is 4.40. The summed E-state index contributed by atoms with van der Waals surface area (Å²) >= 11 is 3.44. The van der Waals surface area contributed by atoms with Crippen LogP contribution < -0.4 is 5.32 Å². The maximum atomic E-state index is 12.6. The first-order valence-corrected chi connectivity index (χ1v) is 7.14. The number of rotatable bonds is 3. The Labute approximate surface area is 117 Å². The molecule has 0 aromatic heterocycles. The third kappa shape index (κ3) is 2.75. The molecule has 1 saturated heterocycles. The summed E-state index contributed by atoms with van der Waals surface area (Å²) < 4.78 is 0.959. The number of nitrogens with one attached hydrogen (secondary N) is 1. The number of halogens is 1. The summed E-state index contributed by atoms with van der Waals surface area (Å²) in [6.45, 7) is 3.73. The van der Waals surface area contributed by atoms with Crippen molar-refractivity contribution in [2.45, 2.75) is 25.8 Å². The first kappa shape index (κ1) is 13.6. The number of likely N-dealkylation sites (N-methyl/N-ethyl adjacent to an activating group) is 1. The number of hydrogen-bond donors (Lipinski definition) is 1. The van der Waals surface area contributed by atoms with Crippen molar-refractivity contribution in [1.29, 1.82) is 0 Å². The summed E-state index contributed by atoms with van der Waals surface area (Å²) in [5, 5.41) is 3.17. The van der Waals surface area contributed by atoms with Crippen LogP contribution in [0.3, 0.4) is 0 Å². The number of benzene rings is 1. The van der Waals surface area contributed by atoms with E-state index < -0.39 is 0 Å². The Balaban J connectivity index is 2.22. The third-order valence-corrected chi connectivity index (χ3v) is 4.00. The average Bonchev–Trinajstić information content (AvgIpc) is 2.80. The van der Waals surface area contributed by atoms with E-state index in [2.05, 4.69) is 21.2 Å². The predicted molar refractivity (Wildman–Crippen MR) is 76.9 cm³/mol. The standard InChI is InChI=1S/C14H19BrN2O/c1-10-5-6-11(15)8-13(10)14(18)17-7-3-4-12(17)9-16-2/h5-6,8,12,16H,3-4,7,9H2,1-2H3/t12-/m1/s1. The molecule has 1 amide bonds. The Hall–Kier alpha value is -0.870. The molecule has 1 fully saturated rings. The molecule has 3 nitrogen and oxygen atoms in total. The normalized spacial score (nSPS) is 19.3. The van der Waals surface area contributed by atoms with Crippen molar-refractivity contribution in [3.8, 4) is 0 Å². The van der Waals surface area contributed by atoms with E-state index in [9.17, 15) is 4.79 Å². The quantitative estimate of drug-likeness (QED) is 0.930. The predicted octanol–water partition coefficient (Wildman–Crippen LogP) is 2.58. The van der Waals surface area contributed by atoms with Gasteiger partial charge in [-0.25, -0.2) is 0 Å². The van der Waals surface area contributed by atoms with Crippen molar-refractivity contribution in [2.24, 2.45) is 0 Å². The van der Waals surface area contributed by atoms with Crippen LogP contribution in [0, 0.1) is 6.92 Å². The molecule has 0 spiro atoms. The van der Waals surface area contributed by atoms with Crippen LogP contribution in [0.2, 0.25) is 0 Å². The second-order valence-corrected chi connectivity index (χ2v) is 5.73. The van der Waals surface area contributed by atoms with Crippen LogP contribution in [0.5, 0.6) is 0 Å². The van der Waals surface area contributed by atoms with Gasteiger partial charge in [-0.05, 0) is 44.5 Å². The van der Waals surface area contributed by atoms with Gasteiger partial charge in [0.15, 0.2) is 0 Å². The topological polar surface area (TPSA) is 32.3 Å². The number of aryl methyl sites for hydroxylation is 1. The van der Waals surface area contributed by atoms with Crippen LogP contribution in [0.25, 0.3) is 0 Å². The van der Waals surface area contributed by atoms with Gasteiger partial charge in [0, 0.05) is 29.2 Å². The molecule has 1 aromatic carbocycles. The van der Waals surface area contributed by atoms with E-state index in [-0.39, 0.29) is 5.91 Å². The minimum Gasteiger partial charge on any atom is -0.334 e. The lowest BCUT2D eigenvalue weighted by molar-refractivity contribution is 0.0736. The van der Waals surface area contributed by atoms with Crippen molar-refractivity contribution in [3.63, 3.8) is 0 Å². The lowest BCUT2D eigenvalue weighted by atomic mass is 10.1. The number of carbonyl (C=O) groups is 1. The molecule has 2 rings (SSSR count). The maximum absolute atomic E-state index is 12.6. The largest absolute Gasteiger partial charge is 0.334 e. The Morgan fingerprint density at radius 2 is 2.33 bits per heavy atom. The smallest absolute Gasteiger partial charge is 0.254 e. The number of hydrogen-bond acceptors (Lipinski definition) is 2. The second kappa shape index (κ2) is 5.85. The van der Waals surface area contributed by atoms with E-state index in [0.717, 1.165) is 41.5 Å². The third-order valence-electron chi connectivity index (χ3n) is 3.51. The summed E-state index contributed by atoms with van der Waals surface area (Å²) in [4.78, 5) is 14.6. The summed E-state index contributed by atoms with van der Waals surface area (Å²) in [5.74, 6) is 0.159. The van der Waals surface area contributed by atoms with Gasteiger partial charge in [-0.1, -0.05) is 22.0 Å². The molecule has 1 aliphatic heterocycles. The van der Waals surface area contributed by atoms with E-state index in [1.165, 1.54) is 0 Å². The molecule has 1 atom stereocenters. The minimum atomic E-state index is 0.159. The van der Waals surface area contributed by atoms with Crippen molar-refractivity contribution in [1.82, 2.24) is 10.2 Å². The van der Waals surface area contributed by atoms with Crippen LogP contribution in [-0.4, -0.2) is 37.0 Å². The summed E-state index contributed by atoms with van der Waals surface area (Å²) in [6.07, 6.45) is 2.20. The fourth-order valence-electron chi connectivity index (χ4n) is 2.53. The molecule has 1 aliphatic rings. The molecule has 0 bridgehead atoms. The van der Waals surface area contributed by atoms with Crippen molar-refractivity contribution in [3.05, 3.63) is 33.8 Å². The van der Waals surface area contributed by atoms with Crippen LogP contribution in [-0.2, 0) is 0 Å². The lowest BCUT2D eigenvalue weighted by Gasteiger charge is -2.25. The van der Waals surface area contributed by atoms with Crippen molar-refractivity contribution >= 4 is 21.8 Å². The van der Waals surface area contributed by atoms with E-state index >= 15 is 0 Å². The highest BCUT2D eigenvalue weighted by atomic mass is 79.9. The molecule has 0 aliphatic carbocycles. The lowest BCUT2D eigenvalue weighted by Crippen LogP contribution is -2.41. The Morgan fingerprint density at radius 3 is 3.06 bits per heavy atom. The van der Waals surface area contributed by atoms with Gasteiger partial charge in [0.25, 0.3) is 5.91 Å². The number of carbonyl (C=O) groups excluding carboxylic acids is 1. The zero-order chi connectivity index (χ0) is 13.1. The zero-order valence-electron chi connectivity index (χ0n) is 10.9. The monoisotopic (exact) mass is 310 g/mol. The first-order chi connectivity index (χ1) is 8.63. The van der Waals surface area contributed by atoms with E-state index in [1.807, 2.05) is 37.1 Å². The second-order valence-electron chi connectivity index (χ2n) is 4.81. The van der Waals surface area contributed by atoms with Crippen LogP contribution in [0.4, 0.5) is 0 Å². The molecule has 1 heterocycles. The van der Waals surface area contributed by atoms with Gasteiger partial charge in [-0.2, -0.15) is 0 Å². The summed E-state index contributed by atoms with van der Waals surface area (Å²) in [6, 6.07) is 6.22. The van der Waals surface area contributed by atoms with Gasteiger partial charge in [-0.15, -0.1) is 0 Å². The molecule has 0 unspecified atom stereocenters. The average molecular weight is 311 g/mol. The zero-order valence-corrected chi connectivity index (χ0v) is 12.5. The van der Waals surface area contributed by atoms with E-state index in [1.54, 1.807) is 0 Å². The molecule has 0 saturated carbocycles. The van der Waals surface area contributed by atoms with E-state index in [0.29, 0.717) is 6.04 Å². The fraction of sp³-hybridized carbons (Fsp3) is 0.500.